The summed E-state index contributed by atoms with van der Waals surface area (Å²) in [5.41, 5.74) is 0. The van der Waals surface area contributed by atoms with E-state index in [9.17, 15) is 4.79 Å². The first-order chi connectivity index (χ1) is 7.77. The molecule has 0 radical (unpaired) electrons. The minimum Gasteiger partial charge on any atom is -0.466 e. The summed E-state index contributed by atoms with van der Waals surface area (Å²) in [5, 5.41) is 10.4. The van der Waals surface area contributed by atoms with E-state index in [-0.39, 0.29) is 5.97 Å². The number of carbonyl (C=O) groups is 1. The molecule has 0 amide bonds. The molecule has 0 aliphatic carbocycles. The largest absolute Gasteiger partial charge is 0.466 e. The Kier molecular flexibility index (Phi) is 11.8. The number of thioether (sulfide) groups is 1. The molecule has 0 rings (SSSR count). The lowest BCUT2D eigenvalue weighted by Crippen LogP contribution is -2.00. The lowest BCUT2D eigenvalue weighted by molar-refractivity contribution is -0.141. The summed E-state index contributed by atoms with van der Waals surface area (Å²) in [6.45, 7) is 2.01. The summed E-state index contributed by atoms with van der Waals surface area (Å²) in [6, 6.07) is 0. The predicted molar refractivity (Wildman–Crippen MR) is 67.0 cm³/mol. The third kappa shape index (κ3) is 13.3. The first-order valence-electron chi connectivity index (χ1n) is 5.91. The molecule has 0 aromatic carbocycles. The molecule has 0 saturated carbocycles. The van der Waals surface area contributed by atoms with E-state index >= 15 is 0 Å². The van der Waals surface area contributed by atoms with E-state index in [0.29, 0.717) is 6.61 Å². The molecule has 4 heteroatoms. The number of esters is 1. The van der Waals surface area contributed by atoms with Gasteiger partial charge in [0.1, 0.15) is 5.40 Å². The molecule has 0 aliphatic rings. The van der Waals surface area contributed by atoms with Gasteiger partial charge < -0.3 is 4.74 Å². The van der Waals surface area contributed by atoms with Crippen LogP contribution in [0.25, 0.3) is 0 Å². The SMILES string of the molecule is CC(=O)OCCCCCCCCCSC#N. The Morgan fingerprint density at radius 3 is 2.25 bits per heavy atom. The molecule has 0 aromatic rings. The zero-order valence-electron chi connectivity index (χ0n) is 10.0. The summed E-state index contributed by atoms with van der Waals surface area (Å²) in [4.78, 5) is 10.5. The van der Waals surface area contributed by atoms with Crippen LogP contribution in [0.5, 0.6) is 0 Å². The monoisotopic (exact) mass is 243 g/mol. The number of thiocyanates is 1. The van der Waals surface area contributed by atoms with Crippen LogP contribution in [0.1, 0.15) is 51.9 Å². The van der Waals surface area contributed by atoms with E-state index < -0.39 is 0 Å². The zero-order chi connectivity index (χ0) is 12.1. The minimum absolute atomic E-state index is 0.185. The fourth-order valence-corrected chi connectivity index (χ4v) is 1.86. The summed E-state index contributed by atoms with van der Waals surface area (Å²) < 4.78 is 4.84. The minimum atomic E-state index is -0.185. The van der Waals surface area contributed by atoms with Gasteiger partial charge in [-0.25, -0.2) is 0 Å². The number of nitriles is 1. The van der Waals surface area contributed by atoms with Crippen LogP contribution in [0.2, 0.25) is 0 Å². The quantitative estimate of drug-likeness (QED) is 0.335. The molecule has 0 aliphatic heterocycles. The molecular formula is C12H21NO2S. The van der Waals surface area contributed by atoms with Gasteiger partial charge in [0.15, 0.2) is 0 Å². The molecule has 0 aromatic heterocycles. The maximum atomic E-state index is 10.5. The van der Waals surface area contributed by atoms with Crippen LogP contribution in [0.15, 0.2) is 0 Å². The van der Waals surface area contributed by atoms with Crippen molar-refractivity contribution in [2.45, 2.75) is 51.9 Å². The lowest BCUT2D eigenvalue weighted by atomic mass is 10.1. The van der Waals surface area contributed by atoms with Gasteiger partial charge in [0.25, 0.3) is 0 Å². The van der Waals surface area contributed by atoms with Crippen molar-refractivity contribution in [2.75, 3.05) is 12.4 Å². The van der Waals surface area contributed by atoms with E-state index in [2.05, 4.69) is 5.40 Å². The van der Waals surface area contributed by atoms with Crippen molar-refractivity contribution in [2.24, 2.45) is 0 Å². The second kappa shape index (κ2) is 12.4. The standard InChI is InChI=1S/C12H21NO2S/c1-12(14)15-9-7-5-3-2-4-6-8-10-16-11-13/h2-10H2,1H3. The third-order valence-corrected chi connectivity index (χ3v) is 2.88. The molecule has 0 heterocycles. The Balaban J connectivity index is 2.94. The number of ether oxygens (including phenoxy) is 1. The van der Waals surface area contributed by atoms with E-state index in [1.165, 1.54) is 44.4 Å². The van der Waals surface area contributed by atoms with Crippen LogP contribution >= 0.6 is 11.8 Å². The van der Waals surface area contributed by atoms with Gasteiger partial charge in [0, 0.05) is 12.7 Å². The third-order valence-electron chi connectivity index (χ3n) is 2.26. The van der Waals surface area contributed by atoms with E-state index in [0.717, 1.165) is 25.0 Å². The van der Waals surface area contributed by atoms with Gasteiger partial charge in [-0.1, -0.05) is 32.1 Å². The van der Waals surface area contributed by atoms with Crippen molar-refractivity contribution in [3.8, 4) is 5.40 Å². The molecule has 16 heavy (non-hydrogen) atoms. The Labute approximate surface area is 103 Å². The fraction of sp³-hybridized carbons (Fsp3) is 0.833. The average Bonchev–Trinajstić information content (AvgIpc) is 2.25. The molecule has 0 fully saturated rings. The van der Waals surface area contributed by atoms with E-state index in [1.54, 1.807) is 0 Å². The van der Waals surface area contributed by atoms with Crippen molar-refractivity contribution < 1.29 is 9.53 Å². The fourth-order valence-electron chi connectivity index (χ4n) is 1.42. The number of carbonyl (C=O) groups excluding carboxylic acids is 1. The number of rotatable bonds is 10. The Hall–Kier alpha value is -0.690. The van der Waals surface area contributed by atoms with Crippen LogP contribution in [0.4, 0.5) is 0 Å². The van der Waals surface area contributed by atoms with Crippen LogP contribution in [0, 0.1) is 10.7 Å². The van der Waals surface area contributed by atoms with Gasteiger partial charge in [-0.3, -0.25) is 4.79 Å². The molecule has 3 nitrogen and oxygen atoms in total. The average molecular weight is 243 g/mol. The molecule has 92 valence electrons. The lowest BCUT2D eigenvalue weighted by Gasteiger charge is -2.02. The maximum absolute atomic E-state index is 10.5. The Morgan fingerprint density at radius 1 is 1.12 bits per heavy atom. The van der Waals surface area contributed by atoms with Crippen LogP contribution in [-0.4, -0.2) is 18.3 Å². The predicted octanol–water partition coefficient (Wildman–Crippen LogP) is 3.49. The second-order valence-corrected chi connectivity index (χ2v) is 4.63. The highest BCUT2D eigenvalue weighted by molar-refractivity contribution is 8.03. The molecular weight excluding hydrogens is 222 g/mol. The van der Waals surface area contributed by atoms with E-state index in [1.807, 2.05) is 0 Å². The number of nitrogens with zero attached hydrogens (tertiary/aromatic N) is 1. The summed E-state index contributed by atoms with van der Waals surface area (Å²) in [5.74, 6) is 0.776. The highest BCUT2D eigenvalue weighted by Crippen LogP contribution is 2.09. The van der Waals surface area contributed by atoms with Crippen molar-refractivity contribution in [3.05, 3.63) is 0 Å². The summed E-state index contributed by atoms with van der Waals surface area (Å²) in [7, 11) is 0. The molecule has 0 unspecified atom stereocenters. The van der Waals surface area contributed by atoms with Gasteiger partial charge in [0.2, 0.25) is 0 Å². The first-order valence-corrected chi connectivity index (χ1v) is 6.90. The Morgan fingerprint density at radius 2 is 1.69 bits per heavy atom. The zero-order valence-corrected chi connectivity index (χ0v) is 10.9. The van der Waals surface area contributed by atoms with Crippen molar-refractivity contribution in [1.29, 1.82) is 5.26 Å². The highest BCUT2D eigenvalue weighted by atomic mass is 32.2. The normalized spacial score (nSPS) is 9.75. The Bertz CT molecular complexity index is 214. The van der Waals surface area contributed by atoms with Crippen molar-refractivity contribution in [1.82, 2.24) is 0 Å². The molecule has 0 saturated heterocycles. The smallest absolute Gasteiger partial charge is 0.302 e. The van der Waals surface area contributed by atoms with Crippen molar-refractivity contribution in [3.63, 3.8) is 0 Å². The first kappa shape index (κ1) is 15.3. The van der Waals surface area contributed by atoms with Crippen LogP contribution in [0.3, 0.4) is 0 Å². The molecule has 0 spiro atoms. The highest BCUT2D eigenvalue weighted by Gasteiger charge is 1.94. The molecule has 0 bridgehead atoms. The van der Waals surface area contributed by atoms with Crippen molar-refractivity contribution >= 4 is 17.7 Å². The van der Waals surface area contributed by atoms with Gasteiger partial charge >= 0.3 is 5.97 Å². The number of hydrogen-bond donors (Lipinski definition) is 0. The number of hydrogen-bond acceptors (Lipinski definition) is 4. The van der Waals surface area contributed by atoms with Crippen LogP contribution < -0.4 is 0 Å². The van der Waals surface area contributed by atoms with Crippen LogP contribution in [-0.2, 0) is 9.53 Å². The molecule has 0 atom stereocenters. The summed E-state index contributed by atoms with van der Waals surface area (Å²) >= 11 is 1.34. The second-order valence-electron chi connectivity index (χ2n) is 3.75. The van der Waals surface area contributed by atoms with Gasteiger partial charge in [-0.05, 0) is 24.6 Å². The summed E-state index contributed by atoms with van der Waals surface area (Å²) in [6.07, 6.45) is 8.19. The maximum Gasteiger partial charge on any atom is 0.302 e. The topological polar surface area (TPSA) is 50.1 Å². The number of unbranched alkanes of at least 4 members (excludes halogenated alkanes) is 6. The molecule has 0 N–H and O–H groups in total. The van der Waals surface area contributed by atoms with Gasteiger partial charge in [-0.15, -0.1) is 0 Å². The van der Waals surface area contributed by atoms with E-state index in [4.69, 9.17) is 10.00 Å². The van der Waals surface area contributed by atoms with Gasteiger partial charge in [0.05, 0.1) is 6.61 Å². The van der Waals surface area contributed by atoms with Gasteiger partial charge in [-0.2, -0.15) is 5.26 Å².